The molecule has 0 spiro atoms. The number of anilines is 1. The van der Waals surface area contributed by atoms with Crippen LogP contribution in [-0.2, 0) is 5.41 Å². The maximum absolute atomic E-state index is 11.3. The summed E-state index contributed by atoms with van der Waals surface area (Å²) in [5.41, 5.74) is 1.06. The zero-order valence-electron chi connectivity index (χ0n) is 12.8. The lowest BCUT2D eigenvalue weighted by atomic mass is 9.75. The lowest BCUT2D eigenvalue weighted by molar-refractivity contribution is 0.0696. The van der Waals surface area contributed by atoms with E-state index < -0.39 is 5.97 Å². The molecule has 1 aromatic rings. The molecule has 1 saturated carbocycles. The van der Waals surface area contributed by atoms with Gasteiger partial charge < -0.3 is 10.4 Å². The highest BCUT2D eigenvalue weighted by atomic mass is 16.4. The number of pyridine rings is 1. The minimum atomic E-state index is -0.903. The minimum absolute atomic E-state index is 0.110. The van der Waals surface area contributed by atoms with Crippen molar-refractivity contribution in [3.63, 3.8) is 0 Å². The number of aromatic carboxylic acids is 1. The van der Waals surface area contributed by atoms with Gasteiger partial charge in [0.15, 0.2) is 0 Å². The van der Waals surface area contributed by atoms with Crippen molar-refractivity contribution in [1.82, 2.24) is 4.98 Å². The van der Waals surface area contributed by atoms with Crippen LogP contribution >= 0.6 is 0 Å². The average Bonchev–Trinajstić information content (AvgIpc) is 2.32. The van der Waals surface area contributed by atoms with Crippen LogP contribution in [-0.4, -0.2) is 21.6 Å². The highest BCUT2D eigenvalue weighted by Gasteiger charge is 2.35. The van der Waals surface area contributed by atoms with Crippen molar-refractivity contribution < 1.29 is 9.90 Å². The first-order valence-corrected chi connectivity index (χ1v) is 7.30. The van der Waals surface area contributed by atoms with E-state index in [1.54, 1.807) is 12.1 Å². The van der Waals surface area contributed by atoms with E-state index in [4.69, 9.17) is 0 Å². The van der Waals surface area contributed by atoms with Crippen molar-refractivity contribution >= 4 is 11.8 Å². The number of aromatic nitrogens is 1. The summed E-state index contributed by atoms with van der Waals surface area (Å²) in [4.78, 5) is 15.9. The highest BCUT2D eigenvalue weighted by Crippen LogP contribution is 2.38. The Morgan fingerprint density at radius 3 is 2.45 bits per heavy atom. The van der Waals surface area contributed by atoms with Gasteiger partial charge in [0.1, 0.15) is 5.82 Å². The van der Waals surface area contributed by atoms with E-state index in [1.807, 2.05) is 20.8 Å². The summed E-state index contributed by atoms with van der Waals surface area (Å²) in [6.07, 6.45) is 4.53. The molecule has 1 heterocycles. The van der Waals surface area contributed by atoms with Crippen LogP contribution in [0.25, 0.3) is 0 Å². The van der Waals surface area contributed by atoms with Crippen molar-refractivity contribution in [2.24, 2.45) is 0 Å². The van der Waals surface area contributed by atoms with Crippen molar-refractivity contribution in [2.75, 3.05) is 5.32 Å². The molecule has 0 unspecified atom stereocenters. The highest BCUT2D eigenvalue weighted by molar-refractivity contribution is 5.88. The van der Waals surface area contributed by atoms with Crippen LogP contribution in [0.1, 0.15) is 69.4 Å². The van der Waals surface area contributed by atoms with Crippen molar-refractivity contribution in [2.45, 2.75) is 64.3 Å². The molecule has 0 amide bonds. The molecule has 4 heteroatoms. The van der Waals surface area contributed by atoms with Gasteiger partial charge in [-0.1, -0.05) is 27.7 Å². The third-order valence-electron chi connectivity index (χ3n) is 4.22. The fourth-order valence-electron chi connectivity index (χ4n) is 2.54. The molecule has 1 aliphatic carbocycles. The van der Waals surface area contributed by atoms with E-state index in [9.17, 15) is 9.90 Å². The zero-order valence-corrected chi connectivity index (χ0v) is 12.8. The van der Waals surface area contributed by atoms with E-state index in [0.717, 1.165) is 25.0 Å². The second-order valence-corrected chi connectivity index (χ2v) is 6.79. The largest absolute Gasteiger partial charge is 0.478 e. The monoisotopic (exact) mass is 276 g/mol. The van der Waals surface area contributed by atoms with E-state index in [0.29, 0.717) is 11.4 Å². The van der Waals surface area contributed by atoms with Gasteiger partial charge in [-0.3, -0.25) is 0 Å². The second-order valence-electron chi connectivity index (χ2n) is 6.79. The Bertz CT molecular complexity index is 508. The summed E-state index contributed by atoms with van der Waals surface area (Å²) in [6.45, 7) is 8.30. The topological polar surface area (TPSA) is 62.2 Å². The molecule has 1 aliphatic rings. The summed E-state index contributed by atoms with van der Waals surface area (Å²) in [5, 5.41) is 12.7. The molecule has 4 nitrogen and oxygen atoms in total. The van der Waals surface area contributed by atoms with Gasteiger partial charge in [-0.2, -0.15) is 0 Å². The van der Waals surface area contributed by atoms with Crippen LogP contribution in [0.15, 0.2) is 12.1 Å². The lowest BCUT2D eigenvalue weighted by Gasteiger charge is -2.42. The van der Waals surface area contributed by atoms with Gasteiger partial charge >= 0.3 is 5.97 Å². The molecule has 20 heavy (non-hydrogen) atoms. The number of hydrogen-bond donors (Lipinski definition) is 2. The molecule has 110 valence electrons. The quantitative estimate of drug-likeness (QED) is 0.877. The van der Waals surface area contributed by atoms with Gasteiger partial charge in [0.05, 0.1) is 5.56 Å². The zero-order chi connectivity index (χ0) is 15.0. The molecule has 0 aromatic carbocycles. The molecule has 2 rings (SSSR count). The van der Waals surface area contributed by atoms with Crippen LogP contribution < -0.4 is 5.32 Å². The SMILES string of the molecule is CCC1(Nc2cc(C(=O)O)cc(C(C)(C)C)n2)CCC1. The number of carbonyl (C=O) groups is 1. The van der Waals surface area contributed by atoms with Crippen LogP contribution in [0.2, 0.25) is 0 Å². The van der Waals surface area contributed by atoms with Crippen molar-refractivity contribution in [3.8, 4) is 0 Å². The van der Waals surface area contributed by atoms with Crippen LogP contribution in [0.3, 0.4) is 0 Å². The predicted molar refractivity (Wildman–Crippen MR) is 80.4 cm³/mol. The van der Waals surface area contributed by atoms with E-state index >= 15 is 0 Å². The third-order valence-corrected chi connectivity index (χ3v) is 4.22. The second kappa shape index (κ2) is 5.08. The Hall–Kier alpha value is -1.58. The molecule has 1 aromatic heterocycles. The predicted octanol–water partition coefficient (Wildman–Crippen LogP) is 3.82. The molecule has 0 saturated heterocycles. The number of hydrogen-bond acceptors (Lipinski definition) is 3. The summed E-state index contributed by atoms with van der Waals surface area (Å²) in [7, 11) is 0. The maximum Gasteiger partial charge on any atom is 0.335 e. The molecule has 0 aliphatic heterocycles. The van der Waals surface area contributed by atoms with Gasteiger partial charge in [-0.15, -0.1) is 0 Å². The average molecular weight is 276 g/mol. The van der Waals surface area contributed by atoms with Gasteiger partial charge in [0, 0.05) is 16.6 Å². The first-order valence-electron chi connectivity index (χ1n) is 7.30. The standard InChI is InChI=1S/C16H24N2O2/c1-5-16(7-6-8-16)18-13-10-11(14(19)20)9-12(17-13)15(2,3)4/h9-10H,5-8H2,1-4H3,(H,17,18)(H,19,20). The number of rotatable bonds is 4. The van der Waals surface area contributed by atoms with Crippen molar-refractivity contribution in [1.29, 1.82) is 0 Å². The van der Waals surface area contributed by atoms with Crippen molar-refractivity contribution in [3.05, 3.63) is 23.4 Å². The lowest BCUT2D eigenvalue weighted by Crippen LogP contribution is -2.44. The van der Waals surface area contributed by atoms with Crippen LogP contribution in [0.5, 0.6) is 0 Å². The third kappa shape index (κ3) is 2.94. The number of carboxylic acids is 1. The van der Waals surface area contributed by atoms with Gasteiger partial charge in [0.25, 0.3) is 0 Å². The smallest absolute Gasteiger partial charge is 0.335 e. The Balaban J connectivity index is 2.37. The van der Waals surface area contributed by atoms with Crippen LogP contribution in [0, 0.1) is 0 Å². The molecule has 0 bridgehead atoms. The Kier molecular flexibility index (Phi) is 3.76. The Labute approximate surface area is 120 Å². The minimum Gasteiger partial charge on any atom is -0.478 e. The summed E-state index contributed by atoms with van der Waals surface area (Å²) in [5.74, 6) is -0.212. The Morgan fingerprint density at radius 2 is 2.05 bits per heavy atom. The number of nitrogens with one attached hydrogen (secondary N) is 1. The molecule has 2 N–H and O–H groups in total. The fraction of sp³-hybridized carbons (Fsp3) is 0.625. The fourth-order valence-corrected chi connectivity index (χ4v) is 2.54. The van der Waals surface area contributed by atoms with Gasteiger partial charge in [-0.05, 0) is 37.8 Å². The van der Waals surface area contributed by atoms with E-state index in [-0.39, 0.29) is 11.0 Å². The number of carboxylic acid groups (broad SMARTS) is 1. The first kappa shape index (κ1) is 14.8. The molecule has 0 radical (unpaired) electrons. The Morgan fingerprint density at radius 1 is 1.40 bits per heavy atom. The first-order chi connectivity index (χ1) is 9.26. The van der Waals surface area contributed by atoms with Gasteiger partial charge in [0.2, 0.25) is 0 Å². The van der Waals surface area contributed by atoms with E-state index in [1.165, 1.54) is 6.42 Å². The maximum atomic E-state index is 11.3. The van der Waals surface area contributed by atoms with Gasteiger partial charge in [-0.25, -0.2) is 9.78 Å². The van der Waals surface area contributed by atoms with E-state index in [2.05, 4.69) is 17.2 Å². The molecular weight excluding hydrogens is 252 g/mol. The van der Waals surface area contributed by atoms with Crippen LogP contribution in [0.4, 0.5) is 5.82 Å². The molecule has 0 atom stereocenters. The number of nitrogens with zero attached hydrogens (tertiary/aromatic N) is 1. The summed E-state index contributed by atoms with van der Waals surface area (Å²) >= 11 is 0. The molecule has 1 fully saturated rings. The normalized spacial score (nSPS) is 17.4. The summed E-state index contributed by atoms with van der Waals surface area (Å²) < 4.78 is 0. The summed E-state index contributed by atoms with van der Waals surface area (Å²) in [6, 6.07) is 3.32. The molecular formula is C16H24N2O2.